The summed E-state index contributed by atoms with van der Waals surface area (Å²) in [5.41, 5.74) is 9.35. The number of unbranched alkanes of at least 4 members (excludes halogenated alkanes) is 1. The van der Waals surface area contributed by atoms with Crippen molar-refractivity contribution in [3.63, 3.8) is 0 Å². The van der Waals surface area contributed by atoms with Crippen LogP contribution in [0.25, 0.3) is 11.0 Å². The lowest BCUT2D eigenvalue weighted by Crippen LogP contribution is -2.18. The van der Waals surface area contributed by atoms with E-state index in [1.165, 1.54) is 37.1 Å². The van der Waals surface area contributed by atoms with Gasteiger partial charge >= 0.3 is 6.01 Å². The number of nitrogens with two attached hydrogens (primary N) is 1. The minimum absolute atomic E-state index is 0.322. The van der Waals surface area contributed by atoms with Crippen molar-refractivity contribution in [1.82, 2.24) is 24.6 Å². The fourth-order valence-corrected chi connectivity index (χ4v) is 3.64. The first-order valence-corrected chi connectivity index (χ1v) is 10.1. The number of rotatable bonds is 8. The Morgan fingerprint density at radius 2 is 1.89 bits per heavy atom. The second-order valence-corrected chi connectivity index (χ2v) is 7.44. The molecular weight excluding hydrogens is 352 g/mol. The summed E-state index contributed by atoms with van der Waals surface area (Å²) in [5.74, 6) is 0.408. The third-order valence-electron chi connectivity index (χ3n) is 5.16. The summed E-state index contributed by atoms with van der Waals surface area (Å²) in [4.78, 5) is 11.3. The van der Waals surface area contributed by atoms with Crippen LogP contribution < -0.4 is 10.5 Å². The van der Waals surface area contributed by atoms with E-state index >= 15 is 0 Å². The van der Waals surface area contributed by atoms with E-state index in [1.807, 2.05) is 4.68 Å². The summed E-state index contributed by atoms with van der Waals surface area (Å²) in [6.07, 6.45) is 6.37. The fraction of sp³-hybridized carbons (Fsp3) is 0.476. The number of nitrogens with zero attached hydrogens (tertiary/aromatic N) is 5. The number of hydrogen-bond donors (Lipinski definition) is 1. The van der Waals surface area contributed by atoms with Gasteiger partial charge in [0.25, 0.3) is 0 Å². The first-order valence-electron chi connectivity index (χ1n) is 10.1. The van der Waals surface area contributed by atoms with Crippen LogP contribution in [0.15, 0.2) is 30.5 Å². The van der Waals surface area contributed by atoms with Crippen LogP contribution in [0.2, 0.25) is 0 Å². The van der Waals surface area contributed by atoms with Crippen LogP contribution in [0, 0.1) is 0 Å². The van der Waals surface area contributed by atoms with Gasteiger partial charge in [-0.2, -0.15) is 15.1 Å². The SMILES string of the molecule is CCCCOc1nc(N)c2cnn(Cc3cccc(CN4CCCC4)c3)c2n1. The number of nitrogen functional groups attached to an aromatic ring is 1. The smallest absolute Gasteiger partial charge is 0.320 e. The summed E-state index contributed by atoms with van der Waals surface area (Å²) in [5, 5.41) is 5.25. The molecule has 0 radical (unpaired) electrons. The molecule has 0 aliphatic carbocycles. The molecule has 1 aromatic carbocycles. The van der Waals surface area contributed by atoms with Crippen LogP contribution in [0.1, 0.15) is 43.7 Å². The van der Waals surface area contributed by atoms with Gasteiger partial charge in [-0.3, -0.25) is 4.90 Å². The number of fused-ring (bicyclic) bond motifs is 1. The Morgan fingerprint density at radius 3 is 2.68 bits per heavy atom. The lowest BCUT2D eigenvalue weighted by Gasteiger charge is -2.15. The molecule has 0 unspecified atom stereocenters. The van der Waals surface area contributed by atoms with Gasteiger partial charge in [0.2, 0.25) is 0 Å². The Labute approximate surface area is 165 Å². The third kappa shape index (κ3) is 4.25. The summed E-state index contributed by atoms with van der Waals surface area (Å²) in [6, 6.07) is 9.03. The minimum Gasteiger partial charge on any atom is -0.463 e. The molecule has 7 heteroatoms. The Kier molecular flexibility index (Phi) is 5.71. The zero-order chi connectivity index (χ0) is 19.3. The van der Waals surface area contributed by atoms with E-state index in [-0.39, 0.29) is 0 Å². The third-order valence-corrected chi connectivity index (χ3v) is 5.16. The van der Waals surface area contributed by atoms with Crippen LogP contribution >= 0.6 is 0 Å². The number of aromatic nitrogens is 4. The van der Waals surface area contributed by atoms with Gasteiger partial charge in [0, 0.05) is 6.54 Å². The van der Waals surface area contributed by atoms with Crippen molar-refractivity contribution >= 4 is 16.9 Å². The van der Waals surface area contributed by atoms with Crippen molar-refractivity contribution in [2.75, 3.05) is 25.4 Å². The van der Waals surface area contributed by atoms with Crippen LogP contribution in [-0.4, -0.2) is 44.3 Å². The van der Waals surface area contributed by atoms with Crippen molar-refractivity contribution in [3.8, 4) is 6.01 Å². The lowest BCUT2D eigenvalue weighted by atomic mass is 10.1. The van der Waals surface area contributed by atoms with Crippen molar-refractivity contribution in [3.05, 3.63) is 41.6 Å². The van der Waals surface area contributed by atoms with Crippen molar-refractivity contribution < 1.29 is 4.74 Å². The highest BCUT2D eigenvalue weighted by Crippen LogP contribution is 2.22. The van der Waals surface area contributed by atoms with E-state index in [0.29, 0.717) is 30.6 Å². The molecular formula is C21H28N6O. The van der Waals surface area contributed by atoms with E-state index < -0.39 is 0 Å². The normalized spacial score (nSPS) is 14.8. The second-order valence-electron chi connectivity index (χ2n) is 7.44. The number of ether oxygens (including phenoxy) is 1. The van der Waals surface area contributed by atoms with Crippen LogP contribution in [0.3, 0.4) is 0 Å². The van der Waals surface area contributed by atoms with Crippen LogP contribution in [0.5, 0.6) is 6.01 Å². The van der Waals surface area contributed by atoms with Gasteiger partial charge in [-0.15, -0.1) is 0 Å². The molecule has 1 fully saturated rings. The van der Waals surface area contributed by atoms with Gasteiger partial charge in [0.1, 0.15) is 5.82 Å². The zero-order valence-corrected chi connectivity index (χ0v) is 16.5. The van der Waals surface area contributed by atoms with Gasteiger partial charge in [-0.05, 0) is 43.5 Å². The Morgan fingerprint density at radius 1 is 1.11 bits per heavy atom. The number of likely N-dealkylation sites (tertiary alicyclic amines) is 1. The Hall–Kier alpha value is -2.67. The quantitative estimate of drug-likeness (QED) is 0.604. The predicted octanol–water partition coefficient (Wildman–Crippen LogP) is 3.23. The van der Waals surface area contributed by atoms with Crippen LogP contribution in [-0.2, 0) is 13.1 Å². The molecule has 3 aromatic rings. The first-order chi connectivity index (χ1) is 13.7. The topological polar surface area (TPSA) is 82.1 Å². The molecule has 4 rings (SSSR count). The van der Waals surface area contributed by atoms with Gasteiger partial charge in [-0.1, -0.05) is 37.6 Å². The molecule has 1 aliphatic heterocycles. The molecule has 0 saturated carbocycles. The van der Waals surface area contributed by atoms with Crippen LogP contribution in [0.4, 0.5) is 5.82 Å². The predicted molar refractivity (Wildman–Crippen MR) is 110 cm³/mol. The maximum absolute atomic E-state index is 6.09. The van der Waals surface area contributed by atoms with Crippen molar-refractivity contribution in [2.45, 2.75) is 45.7 Å². The van der Waals surface area contributed by atoms with E-state index in [2.05, 4.69) is 51.2 Å². The van der Waals surface area contributed by atoms with Crippen molar-refractivity contribution in [2.24, 2.45) is 0 Å². The molecule has 0 atom stereocenters. The van der Waals surface area contributed by atoms with E-state index in [9.17, 15) is 0 Å². The molecule has 148 valence electrons. The molecule has 2 aromatic heterocycles. The van der Waals surface area contributed by atoms with Gasteiger partial charge in [-0.25, -0.2) is 4.68 Å². The Bertz CT molecular complexity index is 932. The highest BCUT2D eigenvalue weighted by molar-refractivity contribution is 5.85. The molecule has 0 spiro atoms. The minimum atomic E-state index is 0.322. The van der Waals surface area contributed by atoms with Crippen molar-refractivity contribution in [1.29, 1.82) is 0 Å². The molecule has 1 saturated heterocycles. The summed E-state index contributed by atoms with van der Waals surface area (Å²) >= 11 is 0. The molecule has 28 heavy (non-hydrogen) atoms. The molecule has 2 N–H and O–H groups in total. The average Bonchev–Trinajstić information content (AvgIpc) is 3.33. The molecule has 3 heterocycles. The van der Waals surface area contributed by atoms with E-state index in [1.54, 1.807) is 6.20 Å². The van der Waals surface area contributed by atoms with E-state index in [0.717, 1.165) is 24.8 Å². The molecule has 1 aliphatic rings. The molecule has 0 bridgehead atoms. The highest BCUT2D eigenvalue weighted by atomic mass is 16.5. The number of benzene rings is 1. The molecule has 0 amide bonds. The fourth-order valence-electron chi connectivity index (χ4n) is 3.64. The summed E-state index contributed by atoms with van der Waals surface area (Å²) < 4.78 is 7.52. The molecule has 7 nitrogen and oxygen atoms in total. The van der Waals surface area contributed by atoms with Gasteiger partial charge in [0.15, 0.2) is 5.65 Å². The second kappa shape index (κ2) is 8.56. The average molecular weight is 380 g/mol. The number of anilines is 1. The van der Waals surface area contributed by atoms with Gasteiger partial charge in [0.05, 0.1) is 24.7 Å². The summed E-state index contributed by atoms with van der Waals surface area (Å²) in [7, 11) is 0. The monoisotopic (exact) mass is 380 g/mol. The van der Waals surface area contributed by atoms with E-state index in [4.69, 9.17) is 10.5 Å². The summed E-state index contributed by atoms with van der Waals surface area (Å²) in [6.45, 7) is 6.76. The largest absolute Gasteiger partial charge is 0.463 e. The maximum Gasteiger partial charge on any atom is 0.320 e. The highest BCUT2D eigenvalue weighted by Gasteiger charge is 2.14. The Balaban J connectivity index is 1.54. The number of hydrogen-bond acceptors (Lipinski definition) is 6. The standard InChI is InChI=1S/C21H28N6O/c1-2-3-11-28-21-24-19(22)18-13-23-27(20(18)25-21)15-17-8-6-7-16(12-17)14-26-9-4-5-10-26/h6-8,12-13H,2-5,9-11,14-15H2,1H3,(H2,22,24,25). The van der Waals surface area contributed by atoms with Gasteiger partial charge < -0.3 is 10.5 Å². The maximum atomic E-state index is 6.09. The lowest BCUT2D eigenvalue weighted by molar-refractivity contribution is 0.286. The first kappa shape index (κ1) is 18.7. The zero-order valence-electron chi connectivity index (χ0n) is 16.5.